The van der Waals surface area contributed by atoms with Gasteiger partial charge in [-0.05, 0) is 41.8 Å². The van der Waals surface area contributed by atoms with Crippen molar-refractivity contribution in [2.45, 2.75) is 18.9 Å². The Morgan fingerprint density at radius 2 is 2.05 bits per heavy atom. The summed E-state index contributed by atoms with van der Waals surface area (Å²) < 4.78 is 0. The average Bonchev–Trinajstić information content (AvgIpc) is 2.49. The molecule has 0 fully saturated rings. The molecule has 0 saturated heterocycles. The minimum Gasteiger partial charge on any atom is -0.504 e. The molecule has 1 aromatic heterocycles. The highest BCUT2D eigenvalue weighted by molar-refractivity contribution is 5.96. The van der Waals surface area contributed by atoms with Crippen molar-refractivity contribution in [3.8, 4) is 11.5 Å². The molecule has 0 radical (unpaired) electrons. The van der Waals surface area contributed by atoms with Gasteiger partial charge >= 0.3 is 0 Å². The molecule has 2 aliphatic rings. The molecule has 1 unspecified atom stereocenters. The van der Waals surface area contributed by atoms with Gasteiger partial charge in [0.2, 0.25) is 0 Å². The van der Waals surface area contributed by atoms with Crippen molar-refractivity contribution in [2.24, 2.45) is 0 Å². The third kappa shape index (κ3) is 1.70. The van der Waals surface area contributed by atoms with Crippen molar-refractivity contribution in [3.63, 3.8) is 0 Å². The van der Waals surface area contributed by atoms with Gasteiger partial charge in [0.05, 0.1) is 17.3 Å². The Bertz CT molecular complexity index is 757. The Morgan fingerprint density at radius 3 is 2.90 bits per heavy atom. The van der Waals surface area contributed by atoms with E-state index in [9.17, 15) is 15.0 Å². The van der Waals surface area contributed by atoms with Crippen LogP contribution in [0.2, 0.25) is 0 Å². The first-order chi connectivity index (χ1) is 10.1. The van der Waals surface area contributed by atoms with E-state index in [4.69, 9.17) is 0 Å². The van der Waals surface area contributed by atoms with Crippen LogP contribution in [0.25, 0.3) is 0 Å². The maximum absolute atomic E-state index is 12.6. The van der Waals surface area contributed by atoms with Gasteiger partial charge in [-0.1, -0.05) is 0 Å². The summed E-state index contributed by atoms with van der Waals surface area (Å²) in [5.74, 6) is -0.259. The van der Waals surface area contributed by atoms with Gasteiger partial charge in [0.1, 0.15) is 0 Å². The zero-order chi connectivity index (χ0) is 14.6. The fourth-order valence-electron chi connectivity index (χ4n) is 3.32. The van der Waals surface area contributed by atoms with Crippen LogP contribution in [0.1, 0.15) is 33.2 Å². The molecule has 2 N–H and O–H groups in total. The monoisotopic (exact) mass is 282 g/mol. The number of nitrogens with zero attached hydrogens (tertiary/aromatic N) is 2. The van der Waals surface area contributed by atoms with Crippen molar-refractivity contribution in [1.82, 2.24) is 9.88 Å². The lowest BCUT2D eigenvalue weighted by molar-refractivity contribution is 0.0628. The van der Waals surface area contributed by atoms with Crippen LogP contribution in [-0.2, 0) is 12.8 Å². The van der Waals surface area contributed by atoms with Crippen LogP contribution < -0.4 is 0 Å². The summed E-state index contributed by atoms with van der Waals surface area (Å²) in [4.78, 5) is 18.7. The van der Waals surface area contributed by atoms with E-state index in [1.807, 2.05) is 11.0 Å². The lowest BCUT2D eigenvalue weighted by Crippen LogP contribution is -2.44. The molecule has 21 heavy (non-hydrogen) atoms. The highest BCUT2D eigenvalue weighted by atomic mass is 16.3. The average molecular weight is 282 g/mol. The Labute approximate surface area is 121 Å². The van der Waals surface area contributed by atoms with Gasteiger partial charge < -0.3 is 15.1 Å². The SMILES string of the molecule is O=C1c2cccnc2CC2c3cc(O)c(O)cc3CCN12. The maximum Gasteiger partial charge on any atom is 0.256 e. The molecule has 0 aliphatic carbocycles. The van der Waals surface area contributed by atoms with Gasteiger partial charge in [-0.15, -0.1) is 0 Å². The molecule has 106 valence electrons. The topological polar surface area (TPSA) is 73.7 Å². The number of phenolic OH excluding ortho intramolecular Hbond substituents is 2. The lowest BCUT2D eigenvalue weighted by atomic mass is 9.85. The molecule has 0 bridgehead atoms. The predicted octanol–water partition coefficient (Wildman–Crippen LogP) is 1.79. The molecule has 5 heteroatoms. The summed E-state index contributed by atoms with van der Waals surface area (Å²) in [6.45, 7) is 0.620. The Hall–Kier alpha value is -2.56. The standard InChI is InChI=1S/C16H14N2O3/c19-14-6-9-3-5-18-13(11(9)7-15(14)20)8-12-10(16(18)21)2-1-4-17-12/h1-2,4,6-7,13,19-20H,3,5,8H2. The first kappa shape index (κ1) is 12.2. The van der Waals surface area contributed by atoms with E-state index in [0.717, 1.165) is 16.8 Å². The van der Waals surface area contributed by atoms with Gasteiger partial charge in [0.15, 0.2) is 11.5 Å². The zero-order valence-electron chi connectivity index (χ0n) is 11.3. The van der Waals surface area contributed by atoms with Crippen LogP contribution in [0.15, 0.2) is 30.5 Å². The first-order valence-corrected chi connectivity index (χ1v) is 6.95. The molecule has 1 aromatic carbocycles. The molecule has 5 nitrogen and oxygen atoms in total. The second kappa shape index (κ2) is 4.22. The van der Waals surface area contributed by atoms with Crippen molar-refractivity contribution in [3.05, 3.63) is 52.8 Å². The number of benzene rings is 1. The molecule has 3 heterocycles. The number of carbonyl (C=O) groups excluding carboxylic acids is 1. The third-order valence-electron chi connectivity index (χ3n) is 4.36. The van der Waals surface area contributed by atoms with Crippen LogP contribution in [0.3, 0.4) is 0 Å². The van der Waals surface area contributed by atoms with Gasteiger partial charge in [0.25, 0.3) is 5.91 Å². The fraction of sp³-hybridized carbons (Fsp3) is 0.250. The molecular formula is C16H14N2O3. The van der Waals surface area contributed by atoms with Crippen LogP contribution in [0, 0.1) is 0 Å². The van der Waals surface area contributed by atoms with Crippen LogP contribution in [-0.4, -0.2) is 32.5 Å². The van der Waals surface area contributed by atoms with Crippen molar-refractivity contribution >= 4 is 5.91 Å². The van der Waals surface area contributed by atoms with E-state index in [2.05, 4.69) is 4.98 Å². The second-order valence-corrected chi connectivity index (χ2v) is 5.51. The molecule has 2 aromatic rings. The smallest absolute Gasteiger partial charge is 0.256 e. The van der Waals surface area contributed by atoms with Crippen molar-refractivity contribution in [2.75, 3.05) is 6.54 Å². The van der Waals surface area contributed by atoms with E-state index in [0.29, 0.717) is 24.9 Å². The van der Waals surface area contributed by atoms with Gasteiger partial charge in [0, 0.05) is 19.2 Å². The molecular weight excluding hydrogens is 268 g/mol. The van der Waals surface area contributed by atoms with E-state index in [-0.39, 0.29) is 23.4 Å². The number of carbonyl (C=O) groups is 1. The van der Waals surface area contributed by atoms with E-state index < -0.39 is 0 Å². The molecule has 2 aliphatic heterocycles. The third-order valence-corrected chi connectivity index (χ3v) is 4.36. The highest BCUT2D eigenvalue weighted by Crippen LogP contribution is 2.41. The van der Waals surface area contributed by atoms with Crippen LogP contribution >= 0.6 is 0 Å². The quantitative estimate of drug-likeness (QED) is 0.722. The molecule has 0 saturated carbocycles. The van der Waals surface area contributed by atoms with E-state index in [1.165, 1.54) is 0 Å². The lowest BCUT2D eigenvalue weighted by Gasteiger charge is -2.40. The number of aromatic hydroxyl groups is 2. The molecule has 4 rings (SSSR count). The van der Waals surface area contributed by atoms with Gasteiger partial charge in [-0.3, -0.25) is 9.78 Å². The summed E-state index contributed by atoms with van der Waals surface area (Å²) in [6, 6.07) is 6.64. The summed E-state index contributed by atoms with van der Waals surface area (Å²) in [5.41, 5.74) is 3.35. The summed E-state index contributed by atoms with van der Waals surface area (Å²) >= 11 is 0. The zero-order valence-corrected chi connectivity index (χ0v) is 11.3. The summed E-state index contributed by atoms with van der Waals surface area (Å²) in [7, 11) is 0. The number of hydrogen-bond donors (Lipinski definition) is 2. The van der Waals surface area contributed by atoms with Crippen molar-refractivity contribution < 1.29 is 15.0 Å². The predicted molar refractivity (Wildman–Crippen MR) is 75.2 cm³/mol. The maximum atomic E-state index is 12.6. The second-order valence-electron chi connectivity index (χ2n) is 5.51. The number of phenols is 2. The highest BCUT2D eigenvalue weighted by Gasteiger charge is 2.37. The normalized spacial score (nSPS) is 19.7. The van der Waals surface area contributed by atoms with Gasteiger partial charge in [-0.2, -0.15) is 0 Å². The van der Waals surface area contributed by atoms with E-state index >= 15 is 0 Å². The van der Waals surface area contributed by atoms with Gasteiger partial charge in [-0.25, -0.2) is 0 Å². The van der Waals surface area contributed by atoms with E-state index in [1.54, 1.807) is 24.4 Å². The minimum atomic E-state index is -0.144. The largest absolute Gasteiger partial charge is 0.504 e. The Balaban J connectivity index is 1.85. The fourth-order valence-corrected chi connectivity index (χ4v) is 3.32. The Kier molecular flexibility index (Phi) is 2.45. The Morgan fingerprint density at radius 1 is 1.24 bits per heavy atom. The number of amides is 1. The van der Waals surface area contributed by atoms with Crippen LogP contribution in [0.4, 0.5) is 0 Å². The number of rotatable bonds is 0. The number of pyridine rings is 1. The molecule has 0 spiro atoms. The van der Waals surface area contributed by atoms with Crippen LogP contribution in [0.5, 0.6) is 11.5 Å². The number of fused-ring (bicyclic) bond motifs is 4. The minimum absolute atomic E-state index is 0.00688. The van der Waals surface area contributed by atoms with Crippen molar-refractivity contribution in [1.29, 1.82) is 0 Å². The molecule has 1 atom stereocenters. The molecule has 1 amide bonds. The first-order valence-electron chi connectivity index (χ1n) is 6.95. The summed E-state index contributed by atoms with van der Waals surface area (Å²) in [5, 5.41) is 19.4. The number of aromatic nitrogens is 1. The number of hydrogen-bond acceptors (Lipinski definition) is 4. The summed E-state index contributed by atoms with van der Waals surface area (Å²) in [6.07, 6.45) is 3.01.